The molecule has 1 aliphatic rings. The molecule has 0 radical (unpaired) electrons. The van der Waals surface area contributed by atoms with Crippen LogP contribution >= 0.6 is 11.6 Å². The molecule has 92 valence electrons. The van der Waals surface area contributed by atoms with E-state index in [0.29, 0.717) is 5.02 Å². The predicted octanol–water partition coefficient (Wildman–Crippen LogP) is 2.87. The Morgan fingerprint density at radius 1 is 1.41 bits per heavy atom. The minimum absolute atomic E-state index is 0.533. The zero-order valence-electron chi connectivity index (χ0n) is 9.82. The molecule has 1 atom stereocenters. The van der Waals surface area contributed by atoms with Crippen molar-refractivity contribution in [2.45, 2.75) is 25.8 Å². The summed E-state index contributed by atoms with van der Waals surface area (Å²) in [6.45, 7) is 3.63. The van der Waals surface area contributed by atoms with Gasteiger partial charge >= 0.3 is 5.97 Å². The van der Waals surface area contributed by atoms with Gasteiger partial charge in [0, 0.05) is 5.02 Å². The molecule has 0 aromatic heterocycles. The molecule has 0 amide bonds. The molecular formula is C13H16ClNO2. The Morgan fingerprint density at radius 3 is 2.59 bits per heavy atom. The van der Waals surface area contributed by atoms with E-state index in [-0.39, 0.29) is 0 Å². The number of benzene rings is 1. The zero-order valence-corrected chi connectivity index (χ0v) is 10.6. The Hall–Kier alpha value is -1.06. The van der Waals surface area contributed by atoms with Gasteiger partial charge in [0.15, 0.2) is 0 Å². The first-order chi connectivity index (χ1) is 8.09. The molecule has 1 fully saturated rings. The van der Waals surface area contributed by atoms with E-state index in [1.54, 1.807) is 6.07 Å². The number of rotatable bonds is 3. The first-order valence-corrected chi connectivity index (χ1v) is 6.20. The smallest absolute Gasteiger partial charge is 0.325 e. The fourth-order valence-electron chi connectivity index (χ4n) is 2.43. The highest BCUT2D eigenvalue weighted by Gasteiger charge is 2.30. The summed E-state index contributed by atoms with van der Waals surface area (Å²) in [6.07, 6.45) is 2.16. The molecule has 0 aliphatic carbocycles. The number of hydrogen-bond donors (Lipinski definition) is 1. The highest BCUT2D eigenvalue weighted by Crippen LogP contribution is 2.29. The van der Waals surface area contributed by atoms with Crippen LogP contribution in [0.4, 0.5) is 0 Å². The lowest BCUT2D eigenvalue weighted by Crippen LogP contribution is -2.32. The second kappa shape index (κ2) is 5.07. The van der Waals surface area contributed by atoms with Crippen LogP contribution in [-0.2, 0) is 4.79 Å². The van der Waals surface area contributed by atoms with Crippen molar-refractivity contribution in [2.75, 3.05) is 13.1 Å². The Balaban J connectivity index is 2.35. The molecule has 1 N–H and O–H groups in total. The normalized spacial score (nSPS) is 18.2. The summed E-state index contributed by atoms with van der Waals surface area (Å²) in [5.41, 5.74) is 1.79. The fraction of sp³-hybridized carbons (Fsp3) is 0.462. The predicted molar refractivity (Wildman–Crippen MR) is 67.4 cm³/mol. The van der Waals surface area contributed by atoms with Gasteiger partial charge in [0.1, 0.15) is 6.04 Å². The summed E-state index contributed by atoms with van der Waals surface area (Å²) in [6, 6.07) is 4.88. The maximum Gasteiger partial charge on any atom is 0.325 e. The number of carboxylic acids is 1. The van der Waals surface area contributed by atoms with E-state index < -0.39 is 12.0 Å². The van der Waals surface area contributed by atoms with Gasteiger partial charge in [-0.1, -0.05) is 17.7 Å². The van der Waals surface area contributed by atoms with Crippen LogP contribution in [0.1, 0.15) is 30.0 Å². The largest absolute Gasteiger partial charge is 0.480 e. The van der Waals surface area contributed by atoms with Gasteiger partial charge in [-0.25, -0.2) is 0 Å². The van der Waals surface area contributed by atoms with E-state index >= 15 is 0 Å². The van der Waals surface area contributed by atoms with Crippen LogP contribution in [0.2, 0.25) is 5.02 Å². The SMILES string of the molecule is Cc1cc(Cl)ccc1C(C(=O)O)N1CCCC1. The lowest BCUT2D eigenvalue weighted by atomic mass is 10.0. The molecule has 1 heterocycles. The summed E-state index contributed by atoms with van der Waals surface area (Å²) in [5.74, 6) is -0.780. The van der Waals surface area contributed by atoms with E-state index in [2.05, 4.69) is 0 Å². The molecule has 17 heavy (non-hydrogen) atoms. The van der Waals surface area contributed by atoms with E-state index in [9.17, 15) is 9.90 Å². The number of aliphatic carboxylic acids is 1. The van der Waals surface area contributed by atoms with Gasteiger partial charge in [-0.3, -0.25) is 9.69 Å². The van der Waals surface area contributed by atoms with Crippen molar-refractivity contribution in [3.05, 3.63) is 34.3 Å². The van der Waals surface area contributed by atoms with Crippen LogP contribution in [-0.4, -0.2) is 29.1 Å². The monoisotopic (exact) mass is 253 g/mol. The minimum atomic E-state index is -0.780. The summed E-state index contributed by atoms with van der Waals surface area (Å²) < 4.78 is 0. The number of carboxylic acid groups (broad SMARTS) is 1. The topological polar surface area (TPSA) is 40.5 Å². The quantitative estimate of drug-likeness (QED) is 0.901. The average molecular weight is 254 g/mol. The molecule has 4 heteroatoms. The van der Waals surface area contributed by atoms with Crippen molar-refractivity contribution in [3.8, 4) is 0 Å². The molecule has 0 bridgehead atoms. The van der Waals surface area contributed by atoms with Crippen LogP contribution in [0.3, 0.4) is 0 Å². The van der Waals surface area contributed by atoms with Crippen molar-refractivity contribution in [1.82, 2.24) is 4.90 Å². The van der Waals surface area contributed by atoms with Crippen molar-refractivity contribution in [1.29, 1.82) is 0 Å². The maximum absolute atomic E-state index is 11.4. The molecule has 1 saturated heterocycles. The number of carbonyl (C=O) groups is 1. The number of aryl methyl sites for hydroxylation is 1. The Labute approximate surface area is 106 Å². The highest BCUT2D eigenvalue weighted by molar-refractivity contribution is 6.30. The lowest BCUT2D eigenvalue weighted by molar-refractivity contribution is -0.143. The maximum atomic E-state index is 11.4. The van der Waals surface area contributed by atoms with Crippen molar-refractivity contribution in [2.24, 2.45) is 0 Å². The number of likely N-dealkylation sites (tertiary alicyclic amines) is 1. The molecular weight excluding hydrogens is 238 g/mol. The second-order valence-corrected chi connectivity index (χ2v) is 4.92. The van der Waals surface area contributed by atoms with Gasteiger partial charge < -0.3 is 5.11 Å². The summed E-state index contributed by atoms with van der Waals surface area (Å²) in [5, 5.41) is 10.1. The van der Waals surface area contributed by atoms with Crippen LogP contribution in [0, 0.1) is 6.92 Å². The van der Waals surface area contributed by atoms with Gasteiger partial charge in [-0.05, 0) is 56.1 Å². The third-order valence-corrected chi connectivity index (χ3v) is 3.50. The van der Waals surface area contributed by atoms with Crippen LogP contribution in [0.25, 0.3) is 0 Å². The average Bonchev–Trinajstić information content (AvgIpc) is 2.74. The third-order valence-electron chi connectivity index (χ3n) is 3.27. The third kappa shape index (κ3) is 2.61. The van der Waals surface area contributed by atoms with E-state index in [0.717, 1.165) is 37.1 Å². The fourth-order valence-corrected chi connectivity index (χ4v) is 2.66. The Kier molecular flexibility index (Phi) is 3.69. The Morgan fingerprint density at radius 2 is 2.06 bits per heavy atom. The van der Waals surface area contributed by atoms with E-state index in [1.807, 2.05) is 24.0 Å². The standard InChI is InChI=1S/C13H16ClNO2/c1-9-8-10(14)4-5-11(9)12(13(16)17)15-6-2-3-7-15/h4-5,8,12H,2-3,6-7H2,1H3,(H,16,17). The highest BCUT2D eigenvalue weighted by atomic mass is 35.5. The second-order valence-electron chi connectivity index (χ2n) is 4.48. The molecule has 1 aliphatic heterocycles. The summed E-state index contributed by atoms with van der Waals surface area (Å²) >= 11 is 5.90. The van der Waals surface area contributed by atoms with E-state index in [1.165, 1.54) is 0 Å². The van der Waals surface area contributed by atoms with Gasteiger partial charge in [0.05, 0.1) is 0 Å². The van der Waals surface area contributed by atoms with Crippen LogP contribution in [0.5, 0.6) is 0 Å². The van der Waals surface area contributed by atoms with Gasteiger partial charge in [-0.15, -0.1) is 0 Å². The van der Waals surface area contributed by atoms with Crippen LogP contribution < -0.4 is 0 Å². The molecule has 1 aromatic carbocycles. The number of hydrogen-bond acceptors (Lipinski definition) is 2. The first kappa shape index (κ1) is 12.4. The molecule has 0 spiro atoms. The zero-order chi connectivity index (χ0) is 12.4. The molecule has 1 aromatic rings. The number of halogens is 1. The van der Waals surface area contributed by atoms with Gasteiger partial charge in [-0.2, -0.15) is 0 Å². The Bertz CT molecular complexity index is 427. The van der Waals surface area contributed by atoms with Crippen molar-refractivity contribution < 1.29 is 9.90 Å². The van der Waals surface area contributed by atoms with Crippen molar-refractivity contribution in [3.63, 3.8) is 0 Å². The minimum Gasteiger partial charge on any atom is -0.480 e. The number of nitrogens with zero attached hydrogens (tertiary/aromatic N) is 1. The van der Waals surface area contributed by atoms with Crippen LogP contribution in [0.15, 0.2) is 18.2 Å². The summed E-state index contributed by atoms with van der Waals surface area (Å²) in [4.78, 5) is 13.5. The first-order valence-electron chi connectivity index (χ1n) is 5.82. The molecule has 3 nitrogen and oxygen atoms in total. The summed E-state index contributed by atoms with van der Waals surface area (Å²) in [7, 11) is 0. The molecule has 1 unspecified atom stereocenters. The van der Waals surface area contributed by atoms with Gasteiger partial charge in [0.2, 0.25) is 0 Å². The van der Waals surface area contributed by atoms with E-state index in [4.69, 9.17) is 11.6 Å². The molecule has 2 rings (SSSR count). The van der Waals surface area contributed by atoms with Crippen molar-refractivity contribution >= 4 is 17.6 Å². The van der Waals surface area contributed by atoms with Gasteiger partial charge in [0.25, 0.3) is 0 Å². The molecule has 0 saturated carbocycles. The lowest BCUT2D eigenvalue weighted by Gasteiger charge is -2.25.